The number of fused-ring (bicyclic) bond motifs is 1. The maximum Gasteiger partial charge on any atom is 0.123 e. The molecule has 1 aromatic carbocycles. The zero-order valence-electron chi connectivity index (χ0n) is 11.4. The van der Waals surface area contributed by atoms with E-state index < -0.39 is 0 Å². The zero-order valence-corrected chi connectivity index (χ0v) is 12.2. The van der Waals surface area contributed by atoms with Gasteiger partial charge in [-0.15, -0.1) is 11.3 Å². The van der Waals surface area contributed by atoms with E-state index in [1.54, 1.807) is 0 Å². The van der Waals surface area contributed by atoms with Crippen LogP contribution in [0.3, 0.4) is 0 Å². The van der Waals surface area contributed by atoms with E-state index in [9.17, 15) is 0 Å². The molecule has 1 aliphatic carbocycles. The number of rotatable bonds is 5. The van der Waals surface area contributed by atoms with Gasteiger partial charge in [0, 0.05) is 23.9 Å². The van der Waals surface area contributed by atoms with Gasteiger partial charge in [0.25, 0.3) is 0 Å². The smallest absolute Gasteiger partial charge is 0.123 e. The number of ether oxygens (including phenoxy) is 1. The maximum absolute atomic E-state index is 6.02. The molecule has 1 aliphatic heterocycles. The summed E-state index contributed by atoms with van der Waals surface area (Å²) < 4.78 is 6.02. The highest BCUT2D eigenvalue weighted by Crippen LogP contribution is 2.42. The second-order valence-electron chi connectivity index (χ2n) is 5.79. The highest BCUT2D eigenvalue weighted by molar-refractivity contribution is 7.10. The number of para-hydroxylation sites is 1. The van der Waals surface area contributed by atoms with Crippen LogP contribution in [-0.4, -0.2) is 12.6 Å². The minimum Gasteiger partial charge on any atom is -0.488 e. The van der Waals surface area contributed by atoms with Crippen molar-refractivity contribution in [1.29, 1.82) is 0 Å². The third kappa shape index (κ3) is 2.48. The molecule has 20 heavy (non-hydrogen) atoms. The molecule has 0 amide bonds. The summed E-state index contributed by atoms with van der Waals surface area (Å²) in [7, 11) is 0. The molecule has 2 unspecified atom stereocenters. The molecule has 1 fully saturated rings. The highest BCUT2D eigenvalue weighted by Gasteiger charge is 2.33. The van der Waals surface area contributed by atoms with E-state index in [0.717, 1.165) is 24.6 Å². The van der Waals surface area contributed by atoms with Crippen molar-refractivity contribution in [1.82, 2.24) is 5.32 Å². The van der Waals surface area contributed by atoms with E-state index in [-0.39, 0.29) is 6.10 Å². The molecule has 1 N–H and O–H groups in total. The van der Waals surface area contributed by atoms with Crippen molar-refractivity contribution in [2.75, 3.05) is 6.54 Å². The summed E-state index contributed by atoms with van der Waals surface area (Å²) in [6, 6.07) is 13.3. The van der Waals surface area contributed by atoms with Crippen LogP contribution in [0.15, 0.2) is 41.8 Å². The molecule has 2 aliphatic rings. The van der Waals surface area contributed by atoms with E-state index in [2.05, 4.69) is 41.0 Å². The molecule has 2 nitrogen and oxygen atoms in total. The lowest BCUT2D eigenvalue weighted by Gasteiger charge is -2.19. The minimum absolute atomic E-state index is 0.286. The quantitative estimate of drug-likeness (QED) is 0.902. The van der Waals surface area contributed by atoms with Gasteiger partial charge < -0.3 is 10.1 Å². The first-order valence-corrected chi connectivity index (χ1v) is 8.29. The molecule has 0 saturated heterocycles. The number of nitrogens with one attached hydrogen (secondary N) is 1. The van der Waals surface area contributed by atoms with E-state index in [1.807, 2.05) is 17.4 Å². The van der Waals surface area contributed by atoms with Gasteiger partial charge in [0.05, 0.1) is 0 Å². The van der Waals surface area contributed by atoms with Crippen LogP contribution in [0.5, 0.6) is 5.75 Å². The molecular formula is C17H19NOS. The van der Waals surface area contributed by atoms with Gasteiger partial charge in [0.2, 0.25) is 0 Å². The lowest BCUT2D eigenvalue weighted by Crippen LogP contribution is -2.33. The van der Waals surface area contributed by atoms with Crippen molar-refractivity contribution < 1.29 is 4.74 Å². The summed E-state index contributed by atoms with van der Waals surface area (Å²) in [5.74, 6) is 1.90. The van der Waals surface area contributed by atoms with E-state index in [4.69, 9.17) is 4.74 Å². The number of hydrogen-bond donors (Lipinski definition) is 1. The molecule has 2 aromatic rings. The monoisotopic (exact) mass is 285 g/mol. The Labute approximate surface area is 123 Å². The lowest BCUT2D eigenvalue weighted by atomic mass is 10.1. The fourth-order valence-electron chi connectivity index (χ4n) is 3.02. The van der Waals surface area contributed by atoms with Crippen molar-refractivity contribution in [3.63, 3.8) is 0 Å². The normalized spacial score (nSPS) is 22.3. The Balaban J connectivity index is 1.39. The summed E-state index contributed by atoms with van der Waals surface area (Å²) in [6.07, 6.45) is 4.04. The van der Waals surface area contributed by atoms with Crippen LogP contribution in [0.4, 0.5) is 0 Å². The SMILES string of the molecule is c1csc(C(NCC2Cc3ccccc3O2)C2CC2)c1. The molecule has 2 atom stereocenters. The molecular weight excluding hydrogens is 266 g/mol. The number of hydrogen-bond acceptors (Lipinski definition) is 3. The second-order valence-corrected chi connectivity index (χ2v) is 6.77. The van der Waals surface area contributed by atoms with Gasteiger partial charge >= 0.3 is 0 Å². The third-order valence-electron chi connectivity index (χ3n) is 4.22. The van der Waals surface area contributed by atoms with Gasteiger partial charge in [-0.2, -0.15) is 0 Å². The number of benzene rings is 1. The van der Waals surface area contributed by atoms with Crippen molar-refractivity contribution >= 4 is 11.3 Å². The first-order valence-electron chi connectivity index (χ1n) is 7.41. The first kappa shape index (κ1) is 12.4. The first-order chi connectivity index (χ1) is 9.90. The average Bonchev–Trinajstić information content (AvgIpc) is 3.01. The highest BCUT2D eigenvalue weighted by atomic mass is 32.1. The standard InChI is InChI=1S/C17H19NOS/c1-2-5-15-13(4-1)10-14(19-15)11-18-17(12-7-8-12)16-6-3-9-20-16/h1-6,9,12,14,17-18H,7-8,10-11H2. The maximum atomic E-state index is 6.02. The topological polar surface area (TPSA) is 21.3 Å². The second kappa shape index (κ2) is 5.23. The van der Waals surface area contributed by atoms with Gasteiger partial charge in [0.15, 0.2) is 0 Å². The van der Waals surface area contributed by atoms with Gasteiger partial charge in [-0.25, -0.2) is 0 Å². The van der Waals surface area contributed by atoms with Gasteiger partial charge in [-0.1, -0.05) is 24.3 Å². The minimum atomic E-state index is 0.286. The third-order valence-corrected chi connectivity index (χ3v) is 5.18. The van der Waals surface area contributed by atoms with Crippen molar-refractivity contribution in [3.05, 3.63) is 52.2 Å². The molecule has 1 aromatic heterocycles. The van der Waals surface area contributed by atoms with E-state index in [0.29, 0.717) is 6.04 Å². The van der Waals surface area contributed by atoms with E-state index >= 15 is 0 Å². The Bertz CT molecular complexity index is 551. The van der Waals surface area contributed by atoms with Crippen LogP contribution in [0.1, 0.15) is 29.3 Å². The summed E-state index contributed by atoms with van der Waals surface area (Å²) in [6.45, 7) is 0.938. The molecule has 4 rings (SSSR count). The Hall–Kier alpha value is -1.32. The van der Waals surface area contributed by atoms with Gasteiger partial charge in [-0.05, 0) is 41.8 Å². The van der Waals surface area contributed by atoms with Crippen molar-refractivity contribution in [3.8, 4) is 5.75 Å². The molecule has 0 spiro atoms. The lowest BCUT2D eigenvalue weighted by molar-refractivity contribution is 0.219. The van der Waals surface area contributed by atoms with Crippen LogP contribution < -0.4 is 10.1 Å². The van der Waals surface area contributed by atoms with Gasteiger partial charge in [-0.3, -0.25) is 0 Å². The van der Waals surface area contributed by atoms with Gasteiger partial charge in [0.1, 0.15) is 11.9 Å². The molecule has 2 heterocycles. The van der Waals surface area contributed by atoms with E-state index in [1.165, 1.54) is 23.3 Å². The molecule has 1 saturated carbocycles. The van der Waals surface area contributed by atoms with Crippen LogP contribution in [0.2, 0.25) is 0 Å². The Morgan fingerprint density at radius 2 is 2.10 bits per heavy atom. The molecule has 0 radical (unpaired) electrons. The predicted molar refractivity (Wildman–Crippen MR) is 82.3 cm³/mol. The summed E-state index contributed by atoms with van der Waals surface area (Å²) >= 11 is 1.87. The largest absolute Gasteiger partial charge is 0.488 e. The fourth-order valence-corrected chi connectivity index (χ4v) is 3.92. The predicted octanol–water partition coefficient (Wildman–Crippen LogP) is 3.79. The summed E-state index contributed by atoms with van der Waals surface area (Å²) in [4.78, 5) is 1.48. The molecule has 0 bridgehead atoms. The Kier molecular flexibility index (Phi) is 3.25. The number of thiophene rings is 1. The summed E-state index contributed by atoms with van der Waals surface area (Å²) in [5.41, 5.74) is 1.35. The van der Waals surface area contributed by atoms with Crippen LogP contribution in [0, 0.1) is 5.92 Å². The van der Waals surface area contributed by atoms with Crippen LogP contribution in [0.25, 0.3) is 0 Å². The Morgan fingerprint density at radius 1 is 1.20 bits per heavy atom. The molecule has 3 heteroatoms. The average molecular weight is 285 g/mol. The van der Waals surface area contributed by atoms with Crippen molar-refractivity contribution in [2.45, 2.75) is 31.4 Å². The summed E-state index contributed by atoms with van der Waals surface area (Å²) in [5, 5.41) is 5.92. The van der Waals surface area contributed by atoms with Crippen LogP contribution in [-0.2, 0) is 6.42 Å². The van der Waals surface area contributed by atoms with Crippen LogP contribution >= 0.6 is 11.3 Å². The Morgan fingerprint density at radius 3 is 2.85 bits per heavy atom. The fraction of sp³-hybridized carbons (Fsp3) is 0.412. The zero-order chi connectivity index (χ0) is 13.4. The molecule has 104 valence electrons. The van der Waals surface area contributed by atoms with Crippen molar-refractivity contribution in [2.24, 2.45) is 5.92 Å².